The molecule has 0 spiro atoms. The van der Waals surface area contributed by atoms with Crippen LogP contribution in [0.2, 0.25) is 0 Å². The number of carbonyl (C=O) groups is 1. The lowest BCUT2D eigenvalue weighted by molar-refractivity contribution is -0.139. The number of rotatable bonds is 22. The van der Waals surface area contributed by atoms with Gasteiger partial charge in [0.15, 0.2) is 0 Å². The first-order valence-corrected chi connectivity index (χ1v) is 18.2. The molecule has 0 aromatic heterocycles. The lowest BCUT2D eigenvalue weighted by atomic mass is 10.2. The standard InChI is InChI=1S/C23H32O2.C22H30O2/c1-3-4-13-16-22(24)17-14-11-9-7-5-6-8-10-12-15-18-23-20-19-21(2)25-23;1-2-3-4-5-6-7-8-9-10-11-12-13-14-15-16-17-18-21-19-20-22(23)24-21/h4-6,9-15,17-18,22-24H,2-3,7-8,16,19-20H2,1H3;3-4,6-7,9-10,12-13,15-18,21H,2,5,8,11,14,19-20H2,1H3/b6-5-,11-9-,12-10-,13-4-,17-14+,18-15+;4-3-,7-6-,10-9-,13-12-,16-15-,18-17+/t22-,23+;21-/m01/s1. The Morgan fingerprint density at radius 2 is 1.02 bits per heavy atom. The molecule has 2 fully saturated rings. The minimum absolute atomic E-state index is 0.0282. The Labute approximate surface area is 298 Å². The van der Waals surface area contributed by atoms with Crippen molar-refractivity contribution in [2.45, 2.75) is 116 Å². The molecule has 2 aliphatic heterocycles. The molecule has 0 aromatic rings. The van der Waals surface area contributed by atoms with Crippen LogP contribution in [-0.2, 0) is 14.3 Å². The minimum Gasteiger partial charge on any atom is -0.491 e. The summed E-state index contributed by atoms with van der Waals surface area (Å²) in [7, 11) is 0. The van der Waals surface area contributed by atoms with Crippen LogP contribution in [0.5, 0.6) is 0 Å². The van der Waals surface area contributed by atoms with Crippen molar-refractivity contribution in [2.24, 2.45) is 0 Å². The Hall–Kier alpha value is -4.15. The minimum atomic E-state index is -0.395. The van der Waals surface area contributed by atoms with E-state index in [1.54, 1.807) is 0 Å². The zero-order valence-electron chi connectivity index (χ0n) is 30.2. The highest BCUT2D eigenvalue weighted by molar-refractivity contribution is 5.71. The summed E-state index contributed by atoms with van der Waals surface area (Å²) in [4.78, 5) is 10.9. The van der Waals surface area contributed by atoms with Crippen LogP contribution in [-0.4, -0.2) is 29.4 Å². The van der Waals surface area contributed by atoms with Gasteiger partial charge >= 0.3 is 5.97 Å². The summed E-state index contributed by atoms with van der Waals surface area (Å²) < 4.78 is 10.6. The highest BCUT2D eigenvalue weighted by Gasteiger charge is 2.20. The quantitative estimate of drug-likeness (QED) is 0.0710. The van der Waals surface area contributed by atoms with Crippen LogP contribution >= 0.6 is 0 Å². The lowest BCUT2D eigenvalue weighted by Crippen LogP contribution is -2.01. The van der Waals surface area contributed by atoms with Gasteiger partial charge in [-0.2, -0.15) is 0 Å². The fourth-order valence-electron chi connectivity index (χ4n) is 4.48. The molecule has 0 bridgehead atoms. The van der Waals surface area contributed by atoms with Crippen molar-refractivity contribution in [3.63, 3.8) is 0 Å². The van der Waals surface area contributed by atoms with E-state index < -0.39 is 6.10 Å². The highest BCUT2D eigenvalue weighted by atomic mass is 16.5. The van der Waals surface area contributed by atoms with E-state index in [1.165, 1.54) is 0 Å². The van der Waals surface area contributed by atoms with Gasteiger partial charge in [0.25, 0.3) is 0 Å². The second-order valence-electron chi connectivity index (χ2n) is 11.6. The van der Waals surface area contributed by atoms with E-state index in [0.29, 0.717) is 12.8 Å². The third kappa shape index (κ3) is 28.6. The number of carbonyl (C=O) groups excluding carboxylic acids is 1. The van der Waals surface area contributed by atoms with Crippen molar-refractivity contribution in [3.8, 4) is 0 Å². The second-order valence-corrected chi connectivity index (χ2v) is 11.6. The molecule has 0 aliphatic carbocycles. The van der Waals surface area contributed by atoms with Crippen molar-refractivity contribution in [1.29, 1.82) is 0 Å². The van der Waals surface area contributed by atoms with Crippen LogP contribution in [0.25, 0.3) is 0 Å². The number of cyclic esters (lactones) is 1. The topological polar surface area (TPSA) is 55.8 Å². The van der Waals surface area contributed by atoms with E-state index in [2.05, 4.69) is 118 Å². The average molecular weight is 667 g/mol. The summed E-state index contributed by atoms with van der Waals surface area (Å²) in [5.41, 5.74) is 0. The van der Waals surface area contributed by atoms with Crippen molar-refractivity contribution in [1.82, 2.24) is 0 Å². The number of hydrogen-bond acceptors (Lipinski definition) is 4. The largest absolute Gasteiger partial charge is 0.491 e. The Bertz CT molecular complexity index is 1230. The van der Waals surface area contributed by atoms with E-state index in [9.17, 15) is 9.90 Å². The zero-order valence-corrected chi connectivity index (χ0v) is 30.2. The van der Waals surface area contributed by atoms with Crippen molar-refractivity contribution in [3.05, 3.63) is 158 Å². The van der Waals surface area contributed by atoms with E-state index >= 15 is 0 Å². The van der Waals surface area contributed by atoms with Crippen LogP contribution in [0.1, 0.15) is 97.3 Å². The molecule has 4 heteroatoms. The molecule has 266 valence electrons. The molecule has 0 unspecified atom stereocenters. The molecule has 4 nitrogen and oxygen atoms in total. The Morgan fingerprint density at radius 3 is 1.47 bits per heavy atom. The van der Waals surface area contributed by atoms with E-state index in [4.69, 9.17) is 9.47 Å². The van der Waals surface area contributed by atoms with Crippen molar-refractivity contribution >= 4 is 5.97 Å². The van der Waals surface area contributed by atoms with Gasteiger partial charge in [0.1, 0.15) is 12.2 Å². The number of allylic oxidation sites excluding steroid dienone is 21. The van der Waals surface area contributed by atoms with E-state index in [0.717, 1.165) is 76.4 Å². The van der Waals surface area contributed by atoms with Gasteiger partial charge in [-0.15, -0.1) is 0 Å². The summed E-state index contributed by atoms with van der Waals surface area (Å²) in [5.74, 6) is 0.806. The summed E-state index contributed by atoms with van der Waals surface area (Å²) in [6.45, 7) is 8.06. The third-order valence-corrected chi connectivity index (χ3v) is 7.15. The van der Waals surface area contributed by atoms with Gasteiger partial charge in [0.2, 0.25) is 0 Å². The van der Waals surface area contributed by atoms with Crippen molar-refractivity contribution < 1.29 is 19.4 Å². The number of aliphatic hydroxyl groups is 1. The molecule has 1 N–H and O–H groups in total. The monoisotopic (exact) mass is 666 g/mol. The van der Waals surface area contributed by atoms with Crippen LogP contribution in [0.15, 0.2) is 158 Å². The van der Waals surface area contributed by atoms with Gasteiger partial charge in [-0.1, -0.05) is 154 Å². The SMILES string of the molecule is C=C1CC[C@@H](/C=C/C=C\C/C=C\C/C=C\C=C\[C@@H](O)C/C=C\CC)O1.CC/C=C\C/C=C\C/C=C\C/C=C\C/C=C\C=C\[C@@H]1CCC(=O)O1. The molecule has 2 heterocycles. The normalized spacial score (nSPS) is 19.9. The summed E-state index contributed by atoms with van der Waals surface area (Å²) in [6, 6.07) is 0. The van der Waals surface area contributed by atoms with E-state index in [-0.39, 0.29) is 18.2 Å². The number of aliphatic hydroxyl groups excluding tert-OH is 1. The maximum Gasteiger partial charge on any atom is 0.306 e. The number of ether oxygens (including phenoxy) is 2. The molecule has 0 saturated carbocycles. The fraction of sp³-hybridized carbons (Fsp3) is 0.400. The van der Waals surface area contributed by atoms with Crippen LogP contribution in [0, 0.1) is 0 Å². The summed E-state index contributed by atoms with van der Waals surface area (Å²) >= 11 is 0. The smallest absolute Gasteiger partial charge is 0.306 e. The lowest BCUT2D eigenvalue weighted by Gasteiger charge is -2.02. The molecule has 2 aliphatic rings. The van der Waals surface area contributed by atoms with Crippen LogP contribution < -0.4 is 0 Å². The van der Waals surface area contributed by atoms with Gasteiger partial charge < -0.3 is 14.6 Å². The van der Waals surface area contributed by atoms with Crippen LogP contribution in [0.4, 0.5) is 0 Å². The molecular weight excluding hydrogens is 604 g/mol. The Kier molecular flexibility index (Phi) is 28.3. The molecule has 2 rings (SSSR count). The first-order valence-electron chi connectivity index (χ1n) is 18.2. The molecule has 49 heavy (non-hydrogen) atoms. The molecule has 3 atom stereocenters. The molecule has 2 saturated heterocycles. The van der Waals surface area contributed by atoms with Gasteiger partial charge in [-0.05, 0) is 82.8 Å². The first-order chi connectivity index (χ1) is 24.0. The van der Waals surface area contributed by atoms with Gasteiger partial charge in [0, 0.05) is 12.8 Å². The number of esters is 1. The summed E-state index contributed by atoms with van der Waals surface area (Å²) in [6.07, 6.45) is 61.7. The Morgan fingerprint density at radius 1 is 0.592 bits per heavy atom. The molecule has 0 aromatic carbocycles. The van der Waals surface area contributed by atoms with Gasteiger partial charge in [-0.25, -0.2) is 0 Å². The molecule has 0 amide bonds. The average Bonchev–Trinajstić information content (AvgIpc) is 3.72. The fourth-order valence-corrected chi connectivity index (χ4v) is 4.48. The highest BCUT2D eigenvalue weighted by Crippen LogP contribution is 2.21. The van der Waals surface area contributed by atoms with E-state index in [1.807, 2.05) is 48.6 Å². The van der Waals surface area contributed by atoms with Crippen LogP contribution in [0.3, 0.4) is 0 Å². The predicted octanol–water partition coefficient (Wildman–Crippen LogP) is 12.0. The molecular formula is C45H62O4. The summed E-state index contributed by atoms with van der Waals surface area (Å²) in [5, 5.41) is 9.69. The molecule has 0 radical (unpaired) electrons. The first kappa shape index (κ1) is 42.9. The van der Waals surface area contributed by atoms with Gasteiger partial charge in [-0.3, -0.25) is 4.79 Å². The van der Waals surface area contributed by atoms with Gasteiger partial charge in [0.05, 0.1) is 11.9 Å². The maximum atomic E-state index is 10.9. The Balaban J connectivity index is 0.000000490. The van der Waals surface area contributed by atoms with Crippen molar-refractivity contribution in [2.75, 3.05) is 0 Å². The maximum absolute atomic E-state index is 10.9. The zero-order chi connectivity index (χ0) is 35.5. The predicted molar refractivity (Wildman–Crippen MR) is 211 cm³/mol. The second kappa shape index (κ2) is 32.4. The third-order valence-electron chi connectivity index (χ3n) is 7.15. The number of hydrogen-bond donors (Lipinski definition) is 1.